The van der Waals surface area contributed by atoms with E-state index in [1.54, 1.807) is 5.57 Å². The van der Waals surface area contributed by atoms with Gasteiger partial charge in [0.1, 0.15) is 0 Å². The third-order valence-electron chi connectivity index (χ3n) is 12.6. The molecule has 0 radical (unpaired) electrons. The Kier molecular flexibility index (Phi) is 9.07. The molecule has 3 fully saturated rings. The lowest BCUT2D eigenvalue weighted by atomic mass is 9.50. The average Bonchev–Trinajstić information content (AvgIpc) is 3.14. The van der Waals surface area contributed by atoms with Gasteiger partial charge in [-0.15, -0.1) is 0 Å². The van der Waals surface area contributed by atoms with Gasteiger partial charge in [-0.3, -0.25) is 0 Å². The number of rotatable bonds is 9. The van der Waals surface area contributed by atoms with Crippen molar-refractivity contribution in [3.05, 3.63) is 23.3 Å². The molecule has 0 aromatic rings. The van der Waals surface area contributed by atoms with Crippen molar-refractivity contribution in [2.24, 2.45) is 34.5 Å². The summed E-state index contributed by atoms with van der Waals surface area (Å²) >= 11 is 0. The van der Waals surface area contributed by atoms with Crippen LogP contribution in [-0.4, -0.2) is 28.3 Å². The van der Waals surface area contributed by atoms with Gasteiger partial charge in [0, 0.05) is 6.10 Å². The maximum absolute atomic E-state index is 6.95. The molecule has 40 heavy (non-hydrogen) atoms. The van der Waals surface area contributed by atoms with Crippen molar-refractivity contribution in [2.45, 2.75) is 169 Å². The predicted octanol–water partition coefficient (Wildman–Crippen LogP) is 11.3. The largest absolute Gasteiger partial charge is 0.414 e. The summed E-state index contributed by atoms with van der Waals surface area (Å²) in [6.45, 7) is 31.5. The third kappa shape index (κ3) is 6.50. The van der Waals surface area contributed by atoms with Crippen LogP contribution in [0.5, 0.6) is 0 Å². The van der Waals surface area contributed by atoms with Crippen LogP contribution in [0.4, 0.5) is 0 Å². The van der Waals surface area contributed by atoms with Crippen molar-refractivity contribution in [1.29, 1.82) is 0 Å². The summed E-state index contributed by atoms with van der Waals surface area (Å²) in [5.41, 5.74) is 4.39. The average molecular weight is 587 g/mol. The number of allylic oxidation sites excluding steroid dienone is 3. The van der Waals surface area contributed by atoms with Crippen molar-refractivity contribution in [3.63, 3.8) is 0 Å². The van der Waals surface area contributed by atoms with Crippen LogP contribution in [0.15, 0.2) is 23.3 Å². The zero-order valence-corrected chi connectivity index (χ0v) is 30.9. The van der Waals surface area contributed by atoms with Crippen LogP contribution in [0.2, 0.25) is 37.8 Å². The molecule has 0 amide bonds. The Balaban J connectivity index is 1.43. The van der Waals surface area contributed by atoms with E-state index in [4.69, 9.17) is 8.85 Å². The molecule has 0 aromatic heterocycles. The van der Waals surface area contributed by atoms with Crippen LogP contribution in [0.25, 0.3) is 0 Å². The SMILES string of the molecule is C[C@H](CCCC(C)(C)O[Si](C)(C)C)[C@H]1CC[C@H]2C3=CC=C4C[C@@H](O[Si](C)(C)C(C)(C)C)CC[C@]4(C)[C@H]3CC[C@]12C. The molecule has 3 saturated carbocycles. The second kappa shape index (κ2) is 11.1. The Bertz CT molecular complexity index is 980. The van der Waals surface area contributed by atoms with Gasteiger partial charge in [-0.2, -0.15) is 0 Å². The Hall–Kier alpha value is -0.166. The molecule has 4 aliphatic rings. The van der Waals surface area contributed by atoms with Gasteiger partial charge in [-0.25, -0.2) is 0 Å². The van der Waals surface area contributed by atoms with Crippen LogP contribution in [0, 0.1) is 34.5 Å². The maximum atomic E-state index is 6.95. The lowest BCUT2D eigenvalue weighted by Gasteiger charge is -2.56. The number of fused-ring (bicyclic) bond motifs is 5. The molecule has 0 saturated heterocycles. The van der Waals surface area contributed by atoms with E-state index in [2.05, 4.69) is 100 Å². The lowest BCUT2D eigenvalue weighted by Crippen LogP contribution is -2.49. The second-order valence-corrected chi connectivity index (χ2v) is 27.4. The summed E-state index contributed by atoms with van der Waals surface area (Å²) in [7, 11) is -3.24. The third-order valence-corrected chi connectivity index (χ3v) is 18.3. The highest BCUT2D eigenvalue weighted by atomic mass is 28.4. The monoisotopic (exact) mass is 586 g/mol. The zero-order chi connectivity index (χ0) is 29.9. The molecule has 0 aromatic carbocycles. The molecule has 0 N–H and O–H groups in total. The van der Waals surface area contributed by atoms with Gasteiger partial charge < -0.3 is 8.85 Å². The fourth-order valence-corrected chi connectivity index (χ4v) is 12.7. The van der Waals surface area contributed by atoms with E-state index >= 15 is 0 Å². The Labute approximate surface area is 251 Å². The first-order valence-electron chi connectivity index (χ1n) is 17.0. The highest BCUT2D eigenvalue weighted by Crippen LogP contribution is 2.66. The summed E-state index contributed by atoms with van der Waals surface area (Å²) in [6.07, 6.45) is 18.8. The topological polar surface area (TPSA) is 18.5 Å². The summed E-state index contributed by atoms with van der Waals surface area (Å²) < 4.78 is 13.5. The van der Waals surface area contributed by atoms with Crippen molar-refractivity contribution in [1.82, 2.24) is 0 Å². The van der Waals surface area contributed by atoms with E-state index in [1.165, 1.54) is 57.8 Å². The van der Waals surface area contributed by atoms with Crippen molar-refractivity contribution >= 4 is 16.6 Å². The first kappa shape index (κ1) is 32.7. The molecule has 4 rings (SSSR count). The van der Waals surface area contributed by atoms with Gasteiger partial charge in [0.2, 0.25) is 0 Å². The molecular formula is C36H66O2Si2. The summed E-state index contributed by atoms with van der Waals surface area (Å²) in [6, 6.07) is 0. The lowest BCUT2D eigenvalue weighted by molar-refractivity contribution is 0.0325. The molecule has 230 valence electrons. The van der Waals surface area contributed by atoms with E-state index in [0.29, 0.717) is 16.9 Å². The molecule has 0 bridgehead atoms. The predicted molar refractivity (Wildman–Crippen MR) is 179 cm³/mol. The first-order valence-corrected chi connectivity index (χ1v) is 23.3. The first-order chi connectivity index (χ1) is 18.2. The van der Waals surface area contributed by atoms with Crippen LogP contribution < -0.4 is 0 Å². The molecule has 0 heterocycles. The molecule has 7 atom stereocenters. The molecule has 0 unspecified atom stereocenters. The van der Waals surface area contributed by atoms with Crippen molar-refractivity contribution in [3.8, 4) is 0 Å². The normalized spacial score (nSPS) is 35.8. The number of hydrogen-bond acceptors (Lipinski definition) is 2. The fourth-order valence-electron chi connectivity index (χ4n) is 9.57. The molecule has 4 heteroatoms. The highest BCUT2D eigenvalue weighted by Gasteiger charge is 2.57. The Morgan fingerprint density at radius 2 is 1.57 bits per heavy atom. The minimum absolute atomic E-state index is 0.0193. The molecule has 0 aliphatic heterocycles. The second-order valence-electron chi connectivity index (χ2n) is 18.2. The van der Waals surface area contributed by atoms with Gasteiger partial charge in [0.05, 0.1) is 5.60 Å². The number of hydrogen-bond donors (Lipinski definition) is 0. The minimum atomic E-state index is -1.73. The Morgan fingerprint density at radius 3 is 2.20 bits per heavy atom. The van der Waals surface area contributed by atoms with Crippen LogP contribution >= 0.6 is 0 Å². The van der Waals surface area contributed by atoms with Gasteiger partial charge in [-0.05, 0) is 137 Å². The van der Waals surface area contributed by atoms with Crippen LogP contribution in [0.1, 0.15) is 120 Å². The van der Waals surface area contributed by atoms with Crippen LogP contribution in [0.3, 0.4) is 0 Å². The summed E-state index contributed by atoms with van der Waals surface area (Å²) in [4.78, 5) is 0. The smallest absolute Gasteiger partial charge is 0.192 e. The standard InChI is InChI=1S/C36H66O2Si2/c1-26(15-14-22-34(5,6)38-39(9,10)11)30-18-19-31-29-17-16-27-25-28(37-40(12,13)33(2,3)4)20-23-35(27,7)32(29)21-24-36(30,31)8/h16-17,26,28,30-32H,14-15,18-25H2,1-13H3/t26-,28+,30-,31+,32+,35+,36-/m1/s1. The molecule has 4 aliphatic carbocycles. The molecule has 2 nitrogen and oxygen atoms in total. The van der Waals surface area contributed by atoms with E-state index in [1.807, 2.05) is 5.57 Å². The fraction of sp³-hybridized carbons (Fsp3) is 0.889. The van der Waals surface area contributed by atoms with Gasteiger partial charge in [0.15, 0.2) is 16.6 Å². The van der Waals surface area contributed by atoms with Gasteiger partial charge in [0.25, 0.3) is 0 Å². The van der Waals surface area contributed by atoms with E-state index < -0.39 is 16.6 Å². The molecule has 0 spiro atoms. The van der Waals surface area contributed by atoms with Crippen LogP contribution in [-0.2, 0) is 8.85 Å². The van der Waals surface area contributed by atoms with Gasteiger partial charge in [-0.1, -0.05) is 77.7 Å². The highest BCUT2D eigenvalue weighted by molar-refractivity contribution is 6.74. The minimum Gasteiger partial charge on any atom is -0.414 e. The zero-order valence-electron chi connectivity index (χ0n) is 28.9. The van der Waals surface area contributed by atoms with Crippen molar-refractivity contribution in [2.75, 3.05) is 0 Å². The van der Waals surface area contributed by atoms with E-state index in [0.717, 1.165) is 30.1 Å². The summed E-state index contributed by atoms with van der Waals surface area (Å²) in [5.74, 6) is 3.23. The van der Waals surface area contributed by atoms with Crippen molar-refractivity contribution < 1.29 is 8.85 Å². The van der Waals surface area contributed by atoms with Gasteiger partial charge >= 0.3 is 0 Å². The van der Waals surface area contributed by atoms with E-state index in [9.17, 15) is 0 Å². The molecular weight excluding hydrogens is 521 g/mol. The summed E-state index contributed by atoms with van der Waals surface area (Å²) in [5, 5.41) is 0.281. The quantitative estimate of drug-likeness (QED) is 0.250. The Morgan fingerprint density at radius 1 is 0.900 bits per heavy atom. The van der Waals surface area contributed by atoms with E-state index in [-0.39, 0.29) is 10.6 Å². The maximum Gasteiger partial charge on any atom is 0.192 e.